The number of carbonyl (C=O) groups is 1. The van der Waals surface area contributed by atoms with Gasteiger partial charge in [0, 0.05) is 48.3 Å². The number of nitrogens with zero attached hydrogens (tertiary/aromatic N) is 2. The van der Waals surface area contributed by atoms with Gasteiger partial charge in [-0.1, -0.05) is 41.4 Å². The van der Waals surface area contributed by atoms with Gasteiger partial charge >= 0.3 is 6.61 Å². The highest BCUT2D eigenvalue weighted by molar-refractivity contribution is 6.35. The summed E-state index contributed by atoms with van der Waals surface area (Å²) < 4.78 is 29.6. The number of benzene rings is 2. The molecule has 1 aliphatic rings. The van der Waals surface area contributed by atoms with Crippen molar-refractivity contribution in [1.82, 2.24) is 9.80 Å². The quantitative estimate of drug-likeness (QED) is 0.728. The van der Waals surface area contributed by atoms with E-state index >= 15 is 0 Å². The molecule has 1 unspecified atom stereocenters. The number of ether oxygens (including phenoxy) is 1. The Hall–Kier alpha value is -1.93. The second-order valence-corrected chi connectivity index (χ2v) is 7.49. The van der Waals surface area contributed by atoms with E-state index in [1.807, 2.05) is 4.90 Å². The highest BCUT2D eigenvalue weighted by Gasteiger charge is 2.26. The summed E-state index contributed by atoms with van der Waals surface area (Å²) in [6.45, 7) is -0.764. The normalized spacial score (nSPS) is 16.1. The molecule has 5 nitrogen and oxygen atoms in total. The molecule has 2 aromatic rings. The zero-order valence-electron chi connectivity index (χ0n) is 15.4. The molecule has 9 heteroatoms. The molecule has 1 N–H and O–H groups in total. The Morgan fingerprint density at radius 2 is 1.79 bits per heavy atom. The predicted octanol–water partition coefficient (Wildman–Crippen LogP) is 4.09. The van der Waals surface area contributed by atoms with Crippen LogP contribution in [-0.4, -0.2) is 60.1 Å². The van der Waals surface area contributed by atoms with Gasteiger partial charge in [0.2, 0.25) is 0 Å². The van der Waals surface area contributed by atoms with Gasteiger partial charge in [-0.25, -0.2) is 0 Å². The molecule has 1 saturated heterocycles. The Labute approximate surface area is 177 Å². The number of β-amino-alcohol motifs (C(OH)–C–C–N with tert-alkyl or cyclic N) is 1. The van der Waals surface area contributed by atoms with Crippen molar-refractivity contribution in [2.45, 2.75) is 12.7 Å². The maximum absolute atomic E-state index is 12.7. The summed E-state index contributed by atoms with van der Waals surface area (Å²) in [4.78, 5) is 16.3. The number of carbonyl (C=O) groups excluding carboxylic acids is 1. The number of alkyl halides is 2. The molecule has 3 rings (SSSR count). The Balaban J connectivity index is 1.58. The van der Waals surface area contributed by atoms with E-state index in [1.54, 1.807) is 29.2 Å². The number of hydrogen-bond donors (Lipinski definition) is 1. The first-order valence-corrected chi connectivity index (χ1v) is 9.79. The van der Waals surface area contributed by atoms with E-state index in [0.717, 1.165) is 0 Å². The zero-order valence-corrected chi connectivity index (χ0v) is 16.9. The van der Waals surface area contributed by atoms with Gasteiger partial charge in [0.15, 0.2) is 0 Å². The highest BCUT2D eigenvalue weighted by atomic mass is 35.5. The van der Waals surface area contributed by atoms with Crippen LogP contribution in [0.25, 0.3) is 0 Å². The molecule has 0 aromatic heterocycles. The fourth-order valence-corrected chi connectivity index (χ4v) is 3.80. The molecule has 1 aliphatic heterocycles. The molecule has 156 valence electrons. The topological polar surface area (TPSA) is 53.0 Å². The van der Waals surface area contributed by atoms with Gasteiger partial charge in [0.1, 0.15) is 5.75 Å². The predicted molar refractivity (Wildman–Crippen MR) is 107 cm³/mol. The third-order valence-corrected chi connectivity index (χ3v) is 5.31. The van der Waals surface area contributed by atoms with E-state index < -0.39 is 12.7 Å². The molecule has 0 saturated carbocycles. The van der Waals surface area contributed by atoms with Crippen LogP contribution in [-0.2, 0) is 0 Å². The Morgan fingerprint density at radius 3 is 2.45 bits per heavy atom. The zero-order chi connectivity index (χ0) is 21.0. The minimum atomic E-state index is -3.00. The monoisotopic (exact) mass is 444 g/mol. The van der Waals surface area contributed by atoms with Crippen LogP contribution in [0.1, 0.15) is 22.0 Å². The number of rotatable bonds is 6. The van der Waals surface area contributed by atoms with Crippen molar-refractivity contribution < 1.29 is 23.4 Å². The fraction of sp³-hybridized carbons (Fsp3) is 0.350. The second-order valence-electron chi connectivity index (χ2n) is 6.65. The molecular weight excluding hydrogens is 425 g/mol. The maximum atomic E-state index is 12.7. The summed E-state index contributed by atoms with van der Waals surface area (Å²) >= 11 is 12.0. The van der Waals surface area contributed by atoms with Crippen LogP contribution >= 0.6 is 23.2 Å². The third-order valence-electron chi connectivity index (χ3n) is 4.75. The molecule has 29 heavy (non-hydrogen) atoms. The van der Waals surface area contributed by atoms with Crippen molar-refractivity contribution in [1.29, 1.82) is 0 Å². The third kappa shape index (κ3) is 5.57. The molecule has 0 aliphatic carbocycles. The molecule has 0 radical (unpaired) electrons. The van der Waals surface area contributed by atoms with Crippen LogP contribution in [0.2, 0.25) is 10.0 Å². The smallest absolute Gasteiger partial charge is 0.387 e. The van der Waals surface area contributed by atoms with Crippen molar-refractivity contribution in [3.8, 4) is 5.75 Å². The van der Waals surface area contributed by atoms with Crippen molar-refractivity contribution >= 4 is 29.1 Å². The van der Waals surface area contributed by atoms with Gasteiger partial charge in [-0.2, -0.15) is 8.78 Å². The molecule has 0 spiro atoms. The SMILES string of the molecule is O=C(c1ccccc1OC(F)F)N1CCN(CC(O)c2ccc(Cl)cc2Cl)CC1. The van der Waals surface area contributed by atoms with Crippen LogP contribution in [0.3, 0.4) is 0 Å². The molecule has 1 amide bonds. The molecule has 1 atom stereocenters. The van der Waals surface area contributed by atoms with Crippen LogP contribution in [0, 0.1) is 0 Å². The van der Waals surface area contributed by atoms with Crippen LogP contribution < -0.4 is 4.74 Å². The Kier molecular flexibility index (Phi) is 7.29. The van der Waals surface area contributed by atoms with E-state index in [-0.39, 0.29) is 17.2 Å². The first kappa shape index (κ1) is 21.8. The van der Waals surface area contributed by atoms with Crippen molar-refractivity contribution in [2.75, 3.05) is 32.7 Å². The van der Waals surface area contributed by atoms with Gasteiger partial charge in [-0.15, -0.1) is 0 Å². The average molecular weight is 445 g/mol. The summed E-state index contributed by atoms with van der Waals surface area (Å²) in [5.41, 5.74) is 0.696. The van der Waals surface area contributed by atoms with Crippen LogP contribution in [0.15, 0.2) is 42.5 Å². The van der Waals surface area contributed by atoms with E-state index in [2.05, 4.69) is 4.74 Å². The lowest BCUT2D eigenvalue weighted by Gasteiger charge is -2.36. The van der Waals surface area contributed by atoms with Gasteiger partial charge in [-0.05, 0) is 24.3 Å². The van der Waals surface area contributed by atoms with Crippen LogP contribution in [0.4, 0.5) is 8.78 Å². The van der Waals surface area contributed by atoms with E-state index in [1.165, 1.54) is 18.2 Å². The Morgan fingerprint density at radius 1 is 1.10 bits per heavy atom. The lowest BCUT2D eigenvalue weighted by atomic mass is 10.1. The lowest BCUT2D eigenvalue weighted by molar-refractivity contribution is -0.0503. The number of para-hydroxylation sites is 1. The summed E-state index contributed by atoms with van der Waals surface area (Å²) in [6, 6.07) is 10.9. The summed E-state index contributed by atoms with van der Waals surface area (Å²) in [5.74, 6) is -0.495. The van der Waals surface area contributed by atoms with Crippen molar-refractivity contribution in [3.05, 3.63) is 63.6 Å². The fourth-order valence-electron chi connectivity index (χ4n) is 3.26. The molecular formula is C20H20Cl2F2N2O3. The van der Waals surface area contributed by atoms with E-state index in [4.69, 9.17) is 23.2 Å². The standard InChI is InChI=1S/C20H20Cl2F2N2O3/c21-13-5-6-14(16(22)11-13)17(27)12-25-7-9-26(10-8-25)19(28)15-3-1-2-4-18(15)29-20(23)24/h1-6,11,17,20,27H,7-10,12H2. The second kappa shape index (κ2) is 9.71. The number of aliphatic hydroxyl groups is 1. The number of amides is 1. The minimum Gasteiger partial charge on any atom is -0.434 e. The van der Waals surface area contributed by atoms with Crippen LogP contribution in [0.5, 0.6) is 5.75 Å². The largest absolute Gasteiger partial charge is 0.434 e. The summed E-state index contributed by atoms with van der Waals surface area (Å²) in [7, 11) is 0. The first-order valence-electron chi connectivity index (χ1n) is 9.03. The maximum Gasteiger partial charge on any atom is 0.387 e. The molecule has 1 fully saturated rings. The summed E-state index contributed by atoms with van der Waals surface area (Å²) in [5, 5.41) is 11.4. The van der Waals surface area contributed by atoms with E-state index in [0.29, 0.717) is 48.3 Å². The average Bonchev–Trinajstić information content (AvgIpc) is 2.68. The summed E-state index contributed by atoms with van der Waals surface area (Å²) in [6.07, 6.45) is -0.790. The first-order chi connectivity index (χ1) is 13.8. The van der Waals surface area contributed by atoms with Crippen molar-refractivity contribution in [3.63, 3.8) is 0 Å². The van der Waals surface area contributed by atoms with Crippen molar-refractivity contribution in [2.24, 2.45) is 0 Å². The number of piperazine rings is 1. The molecule has 1 heterocycles. The Bertz CT molecular complexity index is 861. The molecule has 0 bridgehead atoms. The van der Waals surface area contributed by atoms with Gasteiger partial charge in [-0.3, -0.25) is 9.69 Å². The van der Waals surface area contributed by atoms with E-state index in [9.17, 15) is 18.7 Å². The number of hydrogen-bond acceptors (Lipinski definition) is 4. The van der Waals surface area contributed by atoms with Gasteiger partial charge < -0.3 is 14.7 Å². The molecule has 2 aromatic carbocycles. The number of aliphatic hydroxyl groups excluding tert-OH is 1. The van der Waals surface area contributed by atoms with Gasteiger partial charge in [0.05, 0.1) is 11.7 Å². The lowest BCUT2D eigenvalue weighted by Crippen LogP contribution is -2.49. The minimum absolute atomic E-state index is 0.106. The van der Waals surface area contributed by atoms with Gasteiger partial charge in [0.25, 0.3) is 5.91 Å². The number of halogens is 4. The highest BCUT2D eigenvalue weighted by Crippen LogP contribution is 2.27.